The lowest BCUT2D eigenvalue weighted by molar-refractivity contribution is 0.241. The first-order valence-corrected chi connectivity index (χ1v) is 7.56. The lowest BCUT2D eigenvalue weighted by atomic mass is 9.93. The summed E-state index contributed by atoms with van der Waals surface area (Å²) in [6, 6.07) is 10.9. The number of nitrogens with zero attached hydrogens (tertiary/aromatic N) is 1. The predicted octanol–water partition coefficient (Wildman–Crippen LogP) is 4.38. The first-order chi connectivity index (χ1) is 8.80. The summed E-state index contributed by atoms with van der Waals surface area (Å²) in [4.78, 5) is 2.56. The van der Waals surface area contributed by atoms with Gasteiger partial charge in [-0.05, 0) is 37.4 Å². The van der Waals surface area contributed by atoms with Crippen molar-refractivity contribution >= 4 is 0 Å². The van der Waals surface area contributed by atoms with Crippen molar-refractivity contribution in [3.05, 3.63) is 35.9 Å². The van der Waals surface area contributed by atoms with Gasteiger partial charge >= 0.3 is 0 Å². The van der Waals surface area contributed by atoms with Crippen molar-refractivity contribution in [3.8, 4) is 0 Å². The van der Waals surface area contributed by atoms with Gasteiger partial charge in [0.25, 0.3) is 0 Å². The van der Waals surface area contributed by atoms with E-state index in [4.69, 9.17) is 0 Å². The quantitative estimate of drug-likeness (QED) is 0.626. The molecule has 18 heavy (non-hydrogen) atoms. The van der Waals surface area contributed by atoms with Gasteiger partial charge in [-0.25, -0.2) is 0 Å². The van der Waals surface area contributed by atoms with Crippen LogP contribution in [0.5, 0.6) is 0 Å². The molecule has 1 atom stereocenters. The predicted molar refractivity (Wildman–Crippen MR) is 80.9 cm³/mol. The van der Waals surface area contributed by atoms with Crippen LogP contribution in [0, 0.1) is 5.92 Å². The number of rotatable bonds is 9. The van der Waals surface area contributed by atoms with Crippen molar-refractivity contribution in [1.29, 1.82) is 0 Å². The monoisotopic (exact) mass is 247 g/mol. The van der Waals surface area contributed by atoms with E-state index in [-0.39, 0.29) is 0 Å². The molecule has 1 heteroatoms. The average Bonchev–Trinajstić information content (AvgIpc) is 2.42. The smallest absolute Gasteiger partial charge is 0.00126 e. The van der Waals surface area contributed by atoms with Crippen LogP contribution in [-0.2, 0) is 6.42 Å². The zero-order chi connectivity index (χ0) is 13.2. The summed E-state index contributed by atoms with van der Waals surface area (Å²) < 4.78 is 0. The molecule has 0 spiro atoms. The fraction of sp³-hybridized carbons (Fsp3) is 0.647. The van der Waals surface area contributed by atoms with Crippen LogP contribution in [0.15, 0.2) is 30.3 Å². The molecule has 0 aliphatic heterocycles. The lowest BCUT2D eigenvalue weighted by Crippen LogP contribution is -2.30. The third kappa shape index (κ3) is 5.68. The van der Waals surface area contributed by atoms with Gasteiger partial charge in [0.2, 0.25) is 0 Å². The van der Waals surface area contributed by atoms with Gasteiger partial charge in [-0.1, -0.05) is 63.9 Å². The van der Waals surface area contributed by atoms with Gasteiger partial charge in [0.05, 0.1) is 0 Å². The van der Waals surface area contributed by atoms with Crippen LogP contribution in [-0.4, -0.2) is 24.5 Å². The molecule has 0 saturated carbocycles. The summed E-state index contributed by atoms with van der Waals surface area (Å²) in [6.07, 6.45) is 5.27. The molecule has 0 aromatic heterocycles. The van der Waals surface area contributed by atoms with Crippen LogP contribution in [0.4, 0.5) is 0 Å². The van der Waals surface area contributed by atoms with E-state index in [1.165, 1.54) is 50.9 Å². The highest BCUT2D eigenvalue weighted by Crippen LogP contribution is 2.16. The number of hydrogen-bond donors (Lipinski definition) is 0. The molecule has 0 unspecified atom stereocenters. The van der Waals surface area contributed by atoms with Crippen LogP contribution in [0.2, 0.25) is 0 Å². The molecule has 0 saturated heterocycles. The Bertz CT molecular complexity index is 290. The second kappa shape index (κ2) is 9.16. The minimum atomic E-state index is 0.812. The molecule has 102 valence electrons. The molecule has 1 rings (SSSR count). The highest BCUT2D eigenvalue weighted by Gasteiger charge is 2.12. The van der Waals surface area contributed by atoms with E-state index < -0.39 is 0 Å². The van der Waals surface area contributed by atoms with Gasteiger partial charge in [-0.15, -0.1) is 0 Å². The second-order valence-corrected chi connectivity index (χ2v) is 5.18. The third-order valence-corrected chi connectivity index (χ3v) is 3.74. The molecule has 1 aromatic carbocycles. The molecule has 0 aliphatic rings. The molecule has 0 fully saturated rings. The number of benzene rings is 1. The largest absolute Gasteiger partial charge is 0.304 e. The minimum Gasteiger partial charge on any atom is -0.304 e. The van der Waals surface area contributed by atoms with Gasteiger partial charge in [0.1, 0.15) is 0 Å². The fourth-order valence-electron chi connectivity index (χ4n) is 2.55. The van der Waals surface area contributed by atoms with Crippen LogP contribution in [0.25, 0.3) is 0 Å². The Balaban J connectivity index is 2.54. The summed E-state index contributed by atoms with van der Waals surface area (Å²) in [5.41, 5.74) is 1.49. The molecule has 0 heterocycles. The van der Waals surface area contributed by atoms with Crippen molar-refractivity contribution in [2.75, 3.05) is 19.6 Å². The molecular formula is C17H29N. The van der Waals surface area contributed by atoms with Crippen LogP contribution in [0.3, 0.4) is 0 Å². The van der Waals surface area contributed by atoms with E-state index in [1.807, 2.05) is 0 Å². The van der Waals surface area contributed by atoms with E-state index in [0.29, 0.717) is 0 Å². The van der Waals surface area contributed by atoms with E-state index in [0.717, 1.165) is 5.92 Å². The van der Waals surface area contributed by atoms with E-state index in [2.05, 4.69) is 56.0 Å². The zero-order valence-electron chi connectivity index (χ0n) is 12.4. The molecule has 0 amide bonds. The topological polar surface area (TPSA) is 3.24 Å². The van der Waals surface area contributed by atoms with Crippen molar-refractivity contribution in [3.63, 3.8) is 0 Å². The second-order valence-electron chi connectivity index (χ2n) is 5.18. The van der Waals surface area contributed by atoms with E-state index in [9.17, 15) is 0 Å². The third-order valence-electron chi connectivity index (χ3n) is 3.74. The van der Waals surface area contributed by atoms with Crippen molar-refractivity contribution in [2.45, 2.75) is 46.5 Å². The maximum absolute atomic E-state index is 2.56. The van der Waals surface area contributed by atoms with Crippen molar-refractivity contribution in [2.24, 2.45) is 5.92 Å². The first-order valence-electron chi connectivity index (χ1n) is 7.56. The van der Waals surface area contributed by atoms with Gasteiger partial charge in [0.15, 0.2) is 0 Å². The summed E-state index contributed by atoms with van der Waals surface area (Å²) in [7, 11) is 0. The number of unbranched alkanes of at least 4 members (excludes halogenated alkanes) is 1. The SMILES string of the molecule is CCCC[C@H](Cc1ccccc1)CN(CC)CC. The van der Waals surface area contributed by atoms with E-state index >= 15 is 0 Å². The lowest BCUT2D eigenvalue weighted by Gasteiger charge is -2.25. The van der Waals surface area contributed by atoms with Gasteiger partial charge < -0.3 is 4.90 Å². The zero-order valence-corrected chi connectivity index (χ0v) is 12.4. The summed E-state index contributed by atoms with van der Waals surface area (Å²) in [5, 5.41) is 0. The summed E-state index contributed by atoms with van der Waals surface area (Å²) >= 11 is 0. The van der Waals surface area contributed by atoms with Crippen molar-refractivity contribution in [1.82, 2.24) is 4.90 Å². The molecule has 0 aliphatic carbocycles. The van der Waals surface area contributed by atoms with Crippen LogP contribution in [0.1, 0.15) is 45.6 Å². The van der Waals surface area contributed by atoms with E-state index in [1.54, 1.807) is 0 Å². The summed E-state index contributed by atoms with van der Waals surface area (Å²) in [6.45, 7) is 10.4. The average molecular weight is 247 g/mol. The number of hydrogen-bond acceptors (Lipinski definition) is 1. The standard InChI is InChI=1S/C17H29N/c1-4-7-11-17(15-18(5-2)6-3)14-16-12-9-8-10-13-16/h8-10,12-13,17H,4-7,11,14-15H2,1-3H3/t17-/m1/s1. The molecule has 1 nitrogen and oxygen atoms in total. The maximum Gasteiger partial charge on any atom is 0.00126 e. The van der Waals surface area contributed by atoms with Crippen LogP contribution < -0.4 is 0 Å². The molecule has 0 radical (unpaired) electrons. The summed E-state index contributed by atoms with van der Waals surface area (Å²) in [5.74, 6) is 0.812. The first kappa shape index (κ1) is 15.2. The fourth-order valence-corrected chi connectivity index (χ4v) is 2.55. The molecule has 0 bridgehead atoms. The normalized spacial score (nSPS) is 12.9. The molecule has 0 N–H and O–H groups in total. The van der Waals surface area contributed by atoms with Gasteiger partial charge in [0, 0.05) is 6.54 Å². The Morgan fingerprint density at radius 3 is 2.22 bits per heavy atom. The maximum atomic E-state index is 2.56. The van der Waals surface area contributed by atoms with Crippen LogP contribution >= 0.6 is 0 Å². The highest BCUT2D eigenvalue weighted by molar-refractivity contribution is 5.15. The Morgan fingerprint density at radius 2 is 1.67 bits per heavy atom. The van der Waals surface area contributed by atoms with Gasteiger partial charge in [-0.3, -0.25) is 0 Å². The Kier molecular flexibility index (Phi) is 7.75. The Hall–Kier alpha value is -0.820. The molecule has 1 aromatic rings. The minimum absolute atomic E-state index is 0.812. The highest BCUT2D eigenvalue weighted by atomic mass is 15.1. The Morgan fingerprint density at radius 1 is 1.00 bits per heavy atom. The Labute approximate surface area is 113 Å². The van der Waals surface area contributed by atoms with Crippen molar-refractivity contribution < 1.29 is 0 Å². The molecular weight excluding hydrogens is 218 g/mol. The van der Waals surface area contributed by atoms with Gasteiger partial charge in [-0.2, -0.15) is 0 Å².